The lowest BCUT2D eigenvalue weighted by Crippen LogP contribution is -2.21. The molecule has 0 bridgehead atoms. The Hall–Kier alpha value is -3.15. The first-order chi connectivity index (χ1) is 16.3. The highest BCUT2D eigenvalue weighted by Crippen LogP contribution is 2.38. The summed E-state index contributed by atoms with van der Waals surface area (Å²) >= 11 is 0. The molecule has 2 rings (SSSR count). The Kier molecular flexibility index (Phi) is 9.64. The molecule has 14 heteroatoms. The molecule has 0 saturated heterocycles. The zero-order valence-corrected chi connectivity index (χ0v) is 20.2. The van der Waals surface area contributed by atoms with E-state index >= 15 is 0 Å². The number of benzene rings is 1. The van der Waals surface area contributed by atoms with E-state index in [0.717, 1.165) is 18.2 Å². The van der Waals surface area contributed by atoms with Crippen LogP contribution in [0.1, 0.15) is 37.6 Å². The van der Waals surface area contributed by atoms with Gasteiger partial charge in [0.05, 0.1) is 11.8 Å². The molecule has 1 heterocycles. The molecular formula is C21H25F3N3O7P. The number of alkyl halides is 3. The molecule has 0 aliphatic rings. The van der Waals surface area contributed by atoms with E-state index in [0.29, 0.717) is 16.8 Å². The van der Waals surface area contributed by atoms with E-state index in [2.05, 4.69) is 14.5 Å². The molecule has 1 aromatic heterocycles. The van der Waals surface area contributed by atoms with Gasteiger partial charge in [0.2, 0.25) is 5.75 Å². The van der Waals surface area contributed by atoms with Gasteiger partial charge >= 0.3 is 20.5 Å². The summed E-state index contributed by atoms with van der Waals surface area (Å²) in [7, 11) is -2.83. The van der Waals surface area contributed by atoms with Gasteiger partial charge < -0.3 is 29.9 Å². The van der Waals surface area contributed by atoms with E-state index in [1.54, 1.807) is 20.8 Å². The molecule has 0 saturated carbocycles. The fourth-order valence-corrected chi connectivity index (χ4v) is 3.44. The van der Waals surface area contributed by atoms with Crippen molar-refractivity contribution in [2.45, 2.75) is 59.4 Å². The molecule has 10 nitrogen and oxygen atoms in total. The van der Waals surface area contributed by atoms with Crippen molar-refractivity contribution in [3.8, 4) is 23.0 Å². The first-order valence-corrected chi connectivity index (χ1v) is 11.4. The first-order valence-electron chi connectivity index (χ1n) is 10.3. The van der Waals surface area contributed by atoms with E-state index in [4.69, 9.17) is 19.7 Å². The van der Waals surface area contributed by atoms with Gasteiger partial charge in [-0.05, 0) is 39.8 Å². The summed E-state index contributed by atoms with van der Waals surface area (Å²) in [4.78, 5) is 28.2. The van der Waals surface area contributed by atoms with Crippen molar-refractivity contribution in [2.75, 3.05) is 0 Å². The number of pyridine rings is 1. The SMILES string of the molecule is Cc1ncc(COc2cc(OC(F)(F)F)ccc2O[P+]([O-])=N[C@@H](C)C(=O)OC(C)C)c(CN)c1O. The summed E-state index contributed by atoms with van der Waals surface area (Å²) in [6.07, 6.45) is -3.98. The number of ether oxygens (including phenoxy) is 3. The molecule has 0 fully saturated rings. The Morgan fingerprint density at radius 2 is 1.97 bits per heavy atom. The zero-order chi connectivity index (χ0) is 26.3. The third kappa shape index (κ3) is 8.53. The number of aromatic nitrogens is 1. The van der Waals surface area contributed by atoms with Crippen LogP contribution in [-0.4, -0.2) is 34.6 Å². The number of aryl methyl sites for hydroxylation is 1. The van der Waals surface area contributed by atoms with Crippen molar-refractivity contribution in [1.82, 2.24) is 4.98 Å². The third-order valence-corrected chi connectivity index (χ3v) is 5.19. The minimum Gasteiger partial charge on any atom is -0.575 e. The van der Waals surface area contributed by atoms with E-state index < -0.39 is 38.4 Å². The predicted octanol–water partition coefficient (Wildman–Crippen LogP) is 3.61. The second-order valence-electron chi connectivity index (χ2n) is 7.45. The maximum Gasteiger partial charge on any atom is 0.573 e. The molecule has 2 aromatic rings. The highest BCUT2D eigenvalue weighted by atomic mass is 31.1. The second-order valence-corrected chi connectivity index (χ2v) is 8.34. The molecule has 1 aromatic carbocycles. The van der Waals surface area contributed by atoms with Gasteiger partial charge in [-0.3, -0.25) is 9.51 Å². The summed E-state index contributed by atoms with van der Waals surface area (Å²) in [5.74, 6) is -1.98. The Morgan fingerprint density at radius 3 is 2.57 bits per heavy atom. The van der Waals surface area contributed by atoms with Crippen molar-refractivity contribution < 1.29 is 46.7 Å². The fraction of sp³-hybridized carbons (Fsp3) is 0.429. The lowest BCUT2D eigenvalue weighted by molar-refractivity contribution is -0.274. The predicted molar refractivity (Wildman–Crippen MR) is 117 cm³/mol. The van der Waals surface area contributed by atoms with E-state index in [1.165, 1.54) is 13.1 Å². The molecule has 35 heavy (non-hydrogen) atoms. The molecule has 1 unspecified atom stereocenters. The van der Waals surface area contributed by atoms with Crippen molar-refractivity contribution in [3.05, 3.63) is 41.2 Å². The Morgan fingerprint density at radius 1 is 1.29 bits per heavy atom. The quantitative estimate of drug-likeness (QED) is 0.355. The van der Waals surface area contributed by atoms with Crippen LogP contribution < -0.4 is 24.6 Å². The van der Waals surface area contributed by atoms with Crippen LogP contribution in [0.2, 0.25) is 0 Å². The number of nitrogens with zero attached hydrogens (tertiary/aromatic N) is 2. The van der Waals surface area contributed by atoms with Crippen LogP contribution in [0, 0.1) is 6.92 Å². The number of hydrogen-bond donors (Lipinski definition) is 2. The smallest absolute Gasteiger partial charge is 0.573 e. The molecule has 2 atom stereocenters. The molecule has 0 aliphatic carbocycles. The number of rotatable bonds is 10. The van der Waals surface area contributed by atoms with Crippen LogP contribution in [-0.2, 0) is 22.7 Å². The summed E-state index contributed by atoms with van der Waals surface area (Å²) in [6, 6.07) is 1.74. The normalized spacial score (nSPS) is 12.9. The Bertz CT molecular complexity index is 1080. The van der Waals surface area contributed by atoms with E-state index in [1.807, 2.05) is 0 Å². The minimum atomic E-state index is -4.97. The number of carbonyl (C=O) groups excluding carboxylic acids is 1. The summed E-state index contributed by atoms with van der Waals surface area (Å²) in [5.41, 5.74) is 6.71. The fourth-order valence-electron chi connectivity index (χ4n) is 2.69. The lowest BCUT2D eigenvalue weighted by Gasteiger charge is -2.15. The van der Waals surface area contributed by atoms with E-state index in [9.17, 15) is 28.0 Å². The number of aromatic hydroxyl groups is 1. The summed E-state index contributed by atoms with van der Waals surface area (Å²) in [6.45, 7) is 5.86. The van der Waals surface area contributed by atoms with Crippen LogP contribution >= 0.6 is 8.17 Å². The van der Waals surface area contributed by atoms with Crippen molar-refractivity contribution in [3.63, 3.8) is 0 Å². The topological polar surface area (TPSA) is 149 Å². The van der Waals surface area contributed by atoms with Crippen LogP contribution in [0.5, 0.6) is 23.0 Å². The van der Waals surface area contributed by atoms with Gasteiger partial charge in [0.15, 0.2) is 11.8 Å². The van der Waals surface area contributed by atoms with Gasteiger partial charge in [-0.2, -0.15) is 0 Å². The highest BCUT2D eigenvalue weighted by Gasteiger charge is 2.32. The largest absolute Gasteiger partial charge is 0.575 e. The van der Waals surface area contributed by atoms with Gasteiger partial charge in [-0.1, -0.05) is 4.74 Å². The number of carbonyl (C=O) groups is 1. The van der Waals surface area contributed by atoms with Gasteiger partial charge in [-0.15, -0.1) is 13.2 Å². The molecule has 3 N–H and O–H groups in total. The van der Waals surface area contributed by atoms with Gasteiger partial charge in [-0.25, -0.2) is 4.79 Å². The molecule has 0 spiro atoms. The summed E-state index contributed by atoms with van der Waals surface area (Å²) in [5, 5.41) is 10.1. The zero-order valence-electron chi connectivity index (χ0n) is 19.3. The molecule has 0 radical (unpaired) electrons. The Balaban J connectivity index is 2.32. The average Bonchev–Trinajstić information content (AvgIpc) is 2.74. The summed E-state index contributed by atoms with van der Waals surface area (Å²) < 4.78 is 61.4. The van der Waals surface area contributed by atoms with E-state index in [-0.39, 0.29) is 30.4 Å². The van der Waals surface area contributed by atoms with Crippen LogP contribution in [0.25, 0.3) is 0 Å². The second kappa shape index (κ2) is 12.0. The maximum absolute atomic E-state index is 12.7. The van der Waals surface area contributed by atoms with Crippen LogP contribution in [0.4, 0.5) is 13.2 Å². The molecular weight excluding hydrogens is 494 g/mol. The molecule has 192 valence electrons. The van der Waals surface area contributed by atoms with Crippen molar-refractivity contribution in [1.29, 1.82) is 0 Å². The first kappa shape index (κ1) is 28.1. The number of esters is 1. The average molecular weight is 519 g/mol. The number of halogens is 3. The lowest BCUT2D eigenvalue weighted by atomic mass is 10.1. The standard InChI is InChI=1S/C21H25F3N3O7P/c1-11(2)32-20(29)13(4)27-35(30)34-17-6-5-15(33-21(22,23)24)7-18(17)31-10-14-9-26-12(3)19(28)16(14)8-25/h5-7,9,11,13,28H,8,10,25H2,1-4H3/t13-/m0/s1. The highest BCUT2D eigenvalue weighted by molar-refractivity contribution is 7.34. The van der Waals surface area contributed by atoms with Gasteiger partial charge in [0.1, 0.15) is 18.1 Å². The molecule has 0 amide bonds. The Labute approximate surface area is 200 Å². The van der Waals surface area contributed by atoms with Crippen LogP contribution in [0.15, 0.2) is 29.1 Å². The van der Waals surface area contributed by atoms with Crippen molar-refractivity contribution >= 4 is 14.1 Å². The van der Waals surface area contributed by atoms with Gasteiger partial charge in [0, 0.05) is 29.9 Å². The third-order valence-electron chi connectivity index (χ3n) is 4.30. The maximum atomic E-state index is 12.7. The number of hydrogen-bond acceptors (Lipinski definition) is 10. The van der Waals surface area contributed by atoms with Crippen LogP contribution in [0.3, 0.4) is 0 Å². The molecule has 0 aliphatic heterocycles. The number of nitrogens with two attached hydrogens (primary N) is 1. The van der Waals surface area contributed by atoms with Gasteiger partial charge in [0.25, 0.3) is 0 Å². The van der Waals surface area contributed by atoms with Crippen molar-refractivity contribution in [2.24, 2.45) is 10.5 Å². The monoisotopic (exact) mass is 519 g/mol. The minimum absolute atomic E-state index is 0.0520.